The smallest absolute Gasteiger partial charge is 0.132 e. The number of halogens is 2. The van der Waals surface area contributed by atoms with Crippen molar-refractivity contribution in [3.8, 4) is 0 Å². The highest BCUT2D eigenvalue weighted by atomic mass is 35.5. The molecule has 1 aromatic rings. The molecule has 0 amide bonds. The number of morpholine rings is 1. The van der Waals surface area contributed by atoms with Crippen LogP contribution in [0.4, 0.5) is 4.39 Å². The number of ether oxygens (including phenoxy) is 1. The van der Waals surface area contributed by atoms with Crippen LogP contribution in [-0.4, -0.2) is 31.0 Å². The van der Waals surface area contributed by atoms with Gasteiger partial charge in [-0.2, -0.15) is 0 Å². The van der Waals surface area contributed by atoms with Crippen molar-refractivity contribution in [3.05, 3.63) is 34.9 Å². The first-order chi connectivity index (χ1) is 8.45. The zero-order valence-corrected chi connectivity index (χ0v) is 11.5. The molecule has 1 N–H and O–H groups in total. The van der Waals surface area contributed by atoms with Gasteiger partial charge in [0.05, 0.1) is 6.61 Å². The van der Waals surface area contributed by atoms with Gasteiger partial charge in [-0.3, -0.25) is 0 Å². The molecule has 0 unspecified atom stereocenters. The molecular formula is C14H19ClFNO. The number of alkyl halides is 1. The Morgan fingerprint density at radius 2 is 2.06 bits per heavy atom. The van der Waals surface area contributed by atoms with Gasteiger partial charge in [-0.05, 0) is 38.0 Å². The number of hydrogen-bond donors (Lipinski definition) is 1. The summed E-state index contributed by atoms with van der Waals surface area (Å²) < 4.78 is 19.3. The van der Waals surface area contributed by atoms with E-state index in [0.29, 0.717) is 13.2 Å². The third-order valence-electron chi connectivity index (χ3n) is 3.25. The highest BCUT2D eigenvalue weighted by molar-refractivity contribution is 6.30. The van der Waals surface area contributed by atoms with E-state index in [4.69, 9.17) is 16.3 Å². The average molecular weight is 272 g/mol. The van der Waals surface area contributed by atoms with Gasteiger partial charge in [0.25, 0.3) is 0 Å². The van der Waals surface area contributed by atoms with Crippen molar-refractivity contribution in [2.24, 2.45) is 0 Å². The van der Waals surface area contributed by atoms with Crippen LogP contribution in [0.25, 0.3) is 0 Å². The van der Waals surface area contributed by atoms with Crippen molar-refractivity contribution in [1.29, 1.82) is 0 Å². The molecular weight excluding hydrogens is 253 g/mol. The summed E-state index contributed by atoms with van der Waals surface area (Å²) in [6.07, 6.45) is 0.510. The Bertz CT molecular complexity index is 380. The fourth-order valence-corrected chi connectivity index (χ4v) is 2.23. The van der Waals surface area contributed by atoms with Gasteiger partial charge >= 0.3 is 0 Å². The van der Waals surface area contributed by atoms with E-state index in [0.717, 1.165) is 11.4 Å². The highest BCUT2D eigenvalue weighted by Gasteiger charge is 2.33. The zero-order chi connectivity index (χ0) is 13.2. The van der Waals surface area contributed by atoms with Crippen LogP contribution in [0.5, 0.6) is 0 Å². The van der Waals surface area contributed by atoms with Crippen LogP contribution in [0.15, 0.2) is 24.3 Å². The molecule has 18 heavy (non-hydrogen) atoms. The average Bonchev–Trinajstić information content (AvgIpc) is 2.32. The molecule has 1 saturated heterocycles. The van der Waals surface area contributed by atoms with E-state index in [2.05, 4.69) is 5.32 Å². The Morgan fingerprint density at radius 3 is 2.56 bits per heavy atom. The van der Waals surface area contributed by atoms with Crippen LogP contribution in [-0.2, 0) is 11.2 Å². The Labute approximate surface area is 112 Å². The minimum atomic E-state index is -1.29. The number of hydrogen-bond acceptors (Lipinski definition) is 2. The molecule has 0 aliphatic carbocycles. The summed E-state index contributed by atoms with van der Waals surface area (Å²) in [5, 5.41) is 4.08. The van der Waals surface area contributed by atoms with Gasteiger partial charge in [-0.15, -0.1) is 0 Å². The monoisotopic (exact) mass is 271 g/mol. The Balaban J connectivity index is 1.85. The van der Waals surface area contributed by atoms with E-state index < -0.39 is 5.67 Å². The Kier molecular flexibility index (Phi) is 4.25. The van der Waals surface area contributed by atoms with E-state index in [1.54, 1.807) is 13.8 Å². The first kappa shape index (κ1) is 13.8. The van der Waals surface area contributed by atoms with Gasteiger partial charge in [0.2, 0.25) is 0 Å². The second kappa shape index (κ2) is 5.55. The molecule has 1 aliphatic rings. The minimum absolute atomic E-state index is 0.241. The molecule has 1 aliphatic heterocycles. The van der Waals surface area contributed by atoms with Crippen LogP contribution >= 0.6 is 11.6 Å². The number of benzene rings is 1. The summed E-state index contributed by atoms with van der Waals surface area (Å²) in [5.74, 6) is 0. The van der Waals surface area contributed by atoms with E-state index >= 15 is 0 Å². The summed E-state index contributed by atoms with van der Waals surface area (Å²) in [5.41, 5.74) is -0.0865. The van der Waals surface area contributed by atoms with Crippen molar-refractivity contribution in [1.82, 2.24) is 5.32 Å². The van der Waals surface area contributed by atoms with Crippen molar-refractivity contribution < 1.29 is 9.13 Å². The lowest BCUT2D eigenvalue weighted by Gasteiger charge is -2.35. The van der Waals surface area contributed by atoms with Gasteiger partial charge in [0, 0.05) is 17.6 Å². The van der Waals surface area contributed by atoms with Crippen LogP contribution < -0.4 is 5.32 Å². The molecule has 2 atom stereocenters. The fraction of sp³-hybridized carbons (Fsp3) is 0.571. The largest absolute Gasteiger partial charge is 0.372 e. The van der Waals surface area contributed by atoms with E-state index in [-0.39, 0.29) is 12.1 Å². The molecule has 100 valence electrons. The molecule has 2 rings (SSSR count). The van der Waals surface area contributed by atoms with Crippen LogP contribution in [0.1, 0.15) is 19.4 Å². The van der Waals surface area contributed by atoms with Gasteiger partial charge in [-0.25, -0.2) is 4.39 Å². The predicted molar refractivity (Wildman–Crippen MR) is 71.9 cm³/mol. The SMILES string of the molecule is CC(C)(F)[C@H]1CN[C@@H](Cc2ccc(Cl)cc2)CO1. The number of nitrogens with one attached hydrogen (secondary N) is 1. The molecule has 4 heteroatoms. The zero-order valence-electron chi connectivity index (χ0n) is 10.7. The molecule has 0 spiro atoms. The topological polar surface area (TPSA) is 21.3 Å². The van der Waals surface area contributed by atoms with Gasteiger partial charge in [0.1, 0.15) is 11.8 Å². The third-order valence-corrected chi connectivity index (χ3v) is 3.50. The molecule has 1 fully saturated rings. The maximum atomic E-state index is 13.7. The molecule has 1 heterocycles. The summed E-state index contributed by atoms with van der Waals surface area (Å²) in [4.78, 5) is 0. The quantitative estimate of drug-likeness (QED) is 0.913. The van der Waals surface area contributed by atoms with Crippen molar-refractivity contribution in [2.45, 2.75) is 38.1 Å². The lowest BCUT2D eigenvalue weighted by Crippen LogP contribution is -2.53. The number of rotatable bonds is 3. The van der Waals surface area contributed by atoms with Gasteiger partial charge in [0.15, 0.2) is 0 Å². The van der Waals surface area contributed by atoms with Gasteiger partial charge < -0.3 is 10.1 Å². The second-order valence-corrected chi connectivity index (χ2v) is 5.76. The molecule has 1 aromatic carbocycles. The summed E-state index contributed by atoms with van der Waals surface area (Å²) in [6, 6.07) is 8.02. The maximum Gasteiger partial charge on any atom is 0.132 e. The minimum Gasteiger partial charge on any atom is -0.372 e. The van der Waals surface area contributed by atoms with Crippen molar-refractivity contribution in [3.63, 3.8) is 0 Å². The summed E-state index contributed by atoms with van der Waals surface area (Å²) >= 11 is 5.84. The van der Waals surface area contributed by atoms with E-state index in [1.165, 1.54) is 5.56 Å². The highest BCUT2D eigenvalue weighted by Crippen LogP contribution is 2.21. The van der Waals surface area contributed by atoms with Crippen LogP contribution in [0.3, 0.4) is 0 Å². The summed E-state index contributed by atoms with van der Waals surface area (Å²) in [6.45, 7) is 4.21. The summed E-state index contributed by atoms with van der Waals surface area (Å²) in [7, 11) is 0. The van der Waals surface area contributed by atoms with Crippen molar-refractivity contribution >= 4 is 11.6 Å². The molecule has 0 aromatic heterocycles. The molecule has 0 saturated carbocycles. The van der Waals surface area contributed by atoms with E-state index in [9.17, 15) is 4.39 Å². The van der Waals surface area contributed by atoms with Crippen molar-refractivity contribution in [2.75, 3.05) is 13.2 Å². The third kappa shape index (κ3) is 3.67. The Hall–Kier alpha value is -0.640. The first-order valence-electron chi connectivity index (χ1n) is 6.23. The van der Waals surface area contributed by atoms with Crippen LogP contribution in [0, 0.1) is 0 Å². The standard InChI is InChI=1S/C14H19ClFNO/c1-14(2,16)13-8-17-12(9-18-13)7-10-3-5-11(15)6-4-10/h3-6,12-13,17H,7-9H2,1-2H3/t12-,13+/m0/s1. The van der Waals surface area contributed by atoms with E-state index in [1.807, 2.05) is 24.3 Å². The lowest BCUT2D eigenvalue weighted by molar-refractivity contribution is -0.0727. The van der Waals surface area contributed by atoms with Gasteiger partial charge in [-0.1, -0.05) is 23.7 Å². The second-order valence-electron chi connectivity index (χ2n) is 5.32. The lowest BCUT2D eigenvalue weighted by atomic mass is 10.00. The predicted octanol–water partition coefficient (Wildman–Crippen LogP) is 2.99. The maximum absolute atomic E-state index is 13.7. The fourth-order valence-electron chi connectivity index (χ4n) is 2.10. The van der Waals surface area contributed by atoms with Crippen LogP contribution in [0.2, 0.25) is 5.02 Å². The Morgan fingerprint density at radius 1 is 1.39 bits per heavy atom. The normalized spacial score (nSPS) is 25.1. The molecule has 2 nitrogen and oxygen atoms in total. The first-order valence-corrected chi connectivity index (χ1v) is 6.61. The molecule has 0 bridgehead atoms. The molecule has 0 radical (unpaired) electrons.